The molecule has 0 saturated heterocycles. The van der Waals surface area contributed by atoms with Gasteiger partial charge >= 0.3 is 5.97 Å². The maximum atomic E-state index is 13.0. The van der Waals surface area contributed by atoms with Crippen LogP contribution in [0.1, 0.15) is 53.6 Å². The Morgan fingerprint density at radius 2 is 1.59 bits per heavy atom. The Morgan fingerprint density at radius 3 is 2.30 bits per heavy atom. The van der Waals surface area contributed by atoms with E-state index in [1.807, 2.05) is 29.2 Å². The van der Waals surface area contributed by atoms with Crippen LogP contribution in [0.5, 0.6) is 0 Å². The monoisotopic (exact) mass is 365 g/mol. The lowest BCUT2D eigenvalue weighted by molar-refractivity contribution is -0.133. The zero-order valence-electron chi connectivity index (χ0n) is 15.6. The molecule has 1 aliphatic carbocycles. The highest BCUT2D eigenvalue weighted by atomic mass is 16.4. The number of carbonyl (C=O) groups excluding carboxylic acids is 1. The lowest BCUT2D eigenvalue weighted by Crippen LogP contribution is -2.40. The van der Waals surface area contributed by atoms with Crippen LogP contribution >= 0.6 is 0 Å². The van der Waals surface area contributed by atoms with Gasteiger partial charge in [0.2, 0.25) is 5.91 Å². The normalized spacial score (nSPS) is 14.2. The summed E-state index contributed by atoms with van der Waals surface area (Å²) < 4.78 is 0. The minimum atomic E-state index is -0.935. The third-order valence-electron chi connectivity index (χ3n) is 5.43. The molecule has 0 unspecified atom stereocenters. The van der Waals surface area contributed by atoms with Crippen LogP contribution < -0.4 is 0 Å². The minimum Gasteiger partial charge on any atom is -0.478 e. The largest absolute Gasteiger partial charge is 0.478 e. The van der Waals surface area contributed by atoms with Gasteiger partial charge in [-0.05, 0) is 42.9 Å². The van der Waals surface area contributed by atoms with Crippen LogP contribution in [0, 0.1) is 0 Å². The molecule has 0 aromatic heterocycles. The summed E-state index contributed by atoms with van der Waals surface area (Å²) in [6, 6.07) is 17.5. The van der Waals surface area contributed by atoms with E-state index < -0.39 is 5.97 Å². The molecule has 0 aliphatic heterocycles. The Labute approximate surface area is 160 Å². The summed E-state index contributed by atoms with van der Waals surface area (Å²) in [7, 11) is 0. The number of hydrogen-bond donors (Lipinski definition) is 1. The number of aromatic carboxylic acids is 1. The van der Waals surface area contributed by atoms with Crippen LogP contribution in [-0.2, 0) is 17.6 Å². The molecule has 1 fully saturated rings. The van der Waals surface area contributed by atoms with Gasteiger partial charge in [-0.15, -0.1) is 0 Å². The number of aryl methyl sites for hydroxylation is 1. The highest BCUT2D eigenvalue weighted by molar-refractivity contribution is 5.89. The predicted molar refractivity (Wildman–Crippen MR) is 106 cm³/mol. The molecule has 1 aliphatic rings. The predicted octanol–water partition coefficient (Wildman–Crippen LogP) is 4.33. The van der Waals surface area contributed by atoms with Crippen molar-refractivity contribution in [2.45, 2.75) is 51.0 Å². The van der Waals surface area contributed by atoms with Crippen molar-refractivity contribution in [1.82, 2.24) is 4.90 Å². The molecule has 0 heterocycles. The first-order chi connectivity index (χ1) is 13.1. The average Bonchev–Trinajstić information content (AvgIpc) is 3.22. The second-order valence-corrected chi connectivity index (χ2v) is 7.22. The maximum absolute atomic E-state index is 13.0. The fraction of sp³-hybridized carbons (Fsp3) is 0.391. The van der Waals surface area contributed by atoms with Gasteiger partial charge in [0.25, 0.3) is 0 Å². The smallest absolute Gasteiger partial charge is 0.335 e. The topological polar surface area (TPSA) is 57.6 Å². The second-order valence-electron chi connectivity index (χ2n) is 7.22. The van der Waals surface area contributed by atoms with Crippen LogP contribution in [0.2, 0.25) is 0 Å². The van der Waals surface area contributed by atoms with Gasteiger partial charge in [-0.2, -0.15) is 0 Å². The number of hydrogen-bond acceptors (Lipinski definition) is 2. The van der Waals surface area contributed by atoms with E-state index in [1.165, 1.54) is 18.4 Å². The summed E-state index contributed by atoms with van der Waals surface area (Å²) in [5.41, 5.74) is 2.26. The quantitative estimate of drug-likeness (QED) is 0.757. The third-order valence-corrected chi connectivity index (χ3v) is 5.43. The van der Waals surface area contributed by atoms with Crippen molar-refractivity contribution in [3.05, 3.63) is 71.3 Å². The molecule has 2 aromatic rings. The van der Waals surface area contributed by atoms with E-state index in [-0.39, 0.29) is 5.91 Å². The Kier molecular flexibility index (Phi) is 6.64. The van der Waals surface area contributed by atoms with E-state index in [0.29, 0.717) is 24.4 Å². The van der Waals surface area contributed by atoms with Crippen LogP contribution in [0.3, 0.4) is 0 Å². The van der Waals surface area contributed by atoms with Crippen LogP contribution in [0.15, 0.2) is 54.6 Å². The van der Waals surface area contributed by atoms with Gasteiger partial charge in [-0.25, -0.2) is 4.79 Å². The number of carboxylic acids is 1. The van der Waals surface area contributed by atoms with E-state index >= 15 is 0 Å². The molecule has 142 valence electrons. The molecule has 0 spiro atoms. The lowest BCUT2D eigenvalue weighted by Gasteiger charge is -2.29. The lowest BCUT2D eigenvalue weighted by atomic mass is 10.0. The Balaban J connectivity index is 1.65. The Hall–Kier alpha value is -2.62. The van der Waals surface area contributed by atoms with Crippen molar-refractivity contribution < 1.29 is 14.7 Å². The summed E-state index contributed by atoms with van der Waals surface area (Å²) in [6.07, 6.45) is 6.20. The highest BCUT2D eigenvalue weighted by Gasteiger charge is 2.26. The SMILES string of the molecule is O=C(O)c1ccccc1CCC(=O)N(CCc1ccccc1)C1CCCC1. The average molecular weight is 365 g/mol. The van der Waals surface area contributed by atoms with Gasteiger partial charge < -0.3 is 10.0 Å². The molecule has 0 bridgehead atoms. The van der Waals surface area contributed by atoms with Gasteiger partial charge in [0.1, 0.15) is 0 Å². The molecule has 3 rings (SSSR count). The van der Waals surface area contributed by atoms with Crippen molar-refractivity contribution >= 4 is 11.9 Å². The van der Waals surface area contributed by atoms with Gasteiger partial charge in [-0.3, -0.25) is 4.79 Å². The molecule has 0 atom stereocenters. The van der Waals surface area contributed by atoms with Crippen molar-refractivity contribution in [2.24, 2.45) is 0 Å². The zero-order chi connectivity index (χ0) is 19.1. The molecular formula is C23H27NO3. The summed E-state index contributed by atoms with van der Waals surface area (Å²) in [4.78, 5) is 26.4. The molecule has 4 nitrogen and oxygen atoms in total. The zero-order valence-corrected chi connectivity index (χ0v) is 15.6. The van der Waals surface area contributed by atoms with E-state index in [1.54, 1.807) is 18.2 Å². The molecular weight excluding hydrogens is 338 g/mol. The first kappa shape index (κ1) is 19.2. The minimum absolute atomic E-state index is 0.137. The standard InChI is InChI=1S/C23H27NO3/c25-22(15-14-19-10-4-7-13-21(19)23(26)27)24(20-11-5-6-12-20)17-16-18-8-2-1-3-9-18/h1-4,7-10,13,20H,5-6,11-12,14-17H2,(H,26,27). The van der Waals surface area contributed by atoms with E-state index in [4.69, 9.17) is 0 Å². The second kappa shape index (κ2) is 9.36. The van der Waals surface area contributed by atoms with E-state index in [2.05, 4.69) is 12.1 Å². The maximum Gasteiger partial charge on any atom is 0.335 e. The van der Waals surface area contributed by atoms with Crippen molar-refractivity contribution in [3.8, 4) is 0 Å². The van der Waals surface area contributed by atoms with Crippen LogP contribution in [-0.4, -0.2) is 34.5 Å². The first-order valence-electron chi connectivity index (χ1n) is 9.80. The van der Waals surface area contributed by atoms with E-state index in [0.717, 1.165) is 31.4 Å². The van der Waals surface area contributed by atoms with Crippen LogP contribution in [0.4, 0.5) is 0 Å². The fourth-order valence-corrected chi connectivity index (χ4v) is 3.95. The molecule has 27 heavy (non-hydrogen) atoms. The number of nitrogens with zero attached hydrogens (tertiary/aromatic N) is 1. The molecule has 4 heteroatoms. The molecule has 1 N–H and O–H groups in total. The van der Waals surface area contributed by atoms with Crippen molar-refractivity contribution in [2.75, 3.05) is 6.54 Å². The molecule has 2 aromatic carbocycles. The number of benzene rings is 2. The summed E-state index contributed by atoms with van der Waals surface area (Å²) in [5.74, 6) is -0.798. The summed E-state index contributed by atoms with van der Waals surface area (Å²) in [5, 5.41) is 9.33. The summed E-state index contributed by atoms with van der Waals surface area (Å²) in [6.45, 7) is 0.730. The Morgan fingerprint density at radius 1 is 0.926 bits per heavy atom. The number of rotatable bonds is 8. The van der Waals surface area contributed by atoms with Crippen LogP contribution in [0.25, 0.3) is 0 Å². The molecule has 1 amide bonds. The van der Waals surface area contributed by atoms with E-state index in [9.17, 15) is 14.7 Å². The first-order valence-corrected chi connectivity index (χ1v) is 9.80. The third kappa shape index (κ3) is 5.19. The number of carboxylic acid groups (broad SMARTS) is 1. The summed E-state index contributed by atoms with van der Waals surface area (Å²) >= 11 is 0. The fourth-order valence-electron chi connectivity index (χ4n) is 3.95. The number of carbonyl (C=O) groups is 2. The van der Waals surface area contributed by atoms with Crippen molar-refractivity contribution in [1.29, 1.82) is 0 Å². The van der Waals surface area contributed by atoms with Crippen molar-refractivity contribution in [3.63, 3.8) is 0 Å². The molecule has 1 saturated carbocycles. The molecule has 0 radical (unpaired) electrons. The van der Waals surface area contributed by atoms with Gasteiger partial charge in [0.05, 0.1) is 5.56 Å². The highest BCUT2D eigenvalue weighted by Crippen LogP contribution is 2.25. The van der Waals surface area contributed by atoms with Gasteiger partial charge in [-0.1, -0.05) is 61.4 Å². The number of amides is 1. The van der Waals surface area contributed by atoms with Gasteiger partial charge in [0, 0.05) is 19.0 Å². The van der Waals surface area contributed by atoms with Gasteiger partial charge in [0.15, 0.2) is 0 Å². The Bertz CT molecular complexity index is 766.